The summed E-state index contributed by atoms with van der Waals surface area (Å²) in [5, 5.41) is 3.20. The molecule has 0 bridgehead atoms. The number of carbonyl (C=O) groups excluding carboxylic acids is 1. The van der Waals surface area contributed by atoms with Crippen LogP contribution in [0.15, 0.2) is 36.4 Å². The summed E-state index contributed by atoms with van der Waals surface area (Å²) < 4.78 is 11.1. The fourth-order valence-corrected chi connectivity index (χ4v) is 4.29. The summed E-state index contributed by atoms with van der Waals surface area (Å²) in [5.41, 5.74) is 3.83. The van der Waals surface area contributed by atoms with Crippen LogP contribution in [0.4, 0.5) is 0 Å². The summed E-state index contributed by atoms with van der Waals surface area (Å²) in [5.74, 6) is 2.20. The average Bonchev–Trinajstić information content (AvgIpc) is 3.17. The van der Waals surface area contributed by atoms with Gasteiger partial charge in [-0.3, -0.25) is 9.69 Å². The summed E-state index contributed by atoms with van der Waals surface area (Å²) in [6, 6.07) is 11.8. The Morgan fingerprint density at radius 2 is 2.00 bits per heavy atom. The summed E-state index contributed by atoms with van der Waals surface area (Å²) in [6.07, 6.45) is 1.72. The molecule has 2 N–H and O–H groups in total. The number of fused-ring (bicyclic) bond motifs is 2. The highest BCUT2D eigenvalue weighted by molar-refractivity contribution is 5.95. The van der Waals surface area contributed by atoms with Crippen LogP contribution in [0.2, 0.25) is 0 Å². The first-order valence-corrected chi connectivity index (χ1v) is 10.4. The van der Waals surface area contributed by atoms with Crippen LogP contribution in [0.25, 0.3) is 11.0 Å². The maximum absolute atomic E-state index is 12.9. The molecule has 0 saturated carbocycles. The van der Waals surface area contributed by atoms with E-state index in [1.165, 1.54) is 5.56 Å². The third kappa shape index (κ3) is 3.61. The van der Waals surface area contributed by atoms with Gasteiger partial charge < -0.3 is 19.8 Å². The largest absolute Gasteiger partial charge is 0.486 e. The second-order valence-electron chi connectivity index (χ2n) is 8.19. The van der Waals surface area contributed by atoms with Crippen LogP contribution in [-0.4, -0.2) is 53.6 Å². The molecule has 30 heavy (non-hydrogen) atoms. The molecule has 1 saturated heterocycles. The van der Waals surface area contributed by atoms with E-state index in [-0.39, 0.29) is 18.0 Å². The number of aromatic amines is 1. The third-order valence-electron chi connectivity index (χ3n) is 5.98. The van der Waals surface area contributed by atoms with E-state index in [0.29, 0.717) is 30.3 Å². The highest BCUT2D eigenvalue weighted by Crippen LogP contribution is 2.32. The molecule has 2 atom stereocenters. The van der Waals surface area contributed by atoms with Gasteiger partial charge in [0.15, 0.2) is 11.5 Å². The minimum absolute atomic E-state index is 0.0829. The number of nitrogens with one attached hydrogen (secondary N) is 2. The van der Waals surface area contributed by atoms with Gasteiger partial charge in [-0.2, -0.15) is 0 Å². The fraction of sp³-hybridized carbons (Fsp3) is 0.391. The molecular formula is C23H26N4O3. The quantitative estimate of drug-likeness (QED) is 0.698. The van der Waals surface area contributed by atoms with Gasteiger partial charge in [0, 0.05) is 18.2 Å². The Bertz CT molecular complexity index is 1090. The van der Waals surface area contributed by atoms with Crippen LogP contribution in [0, 0.1) is 6.92 Å². The lowest BCUT2D eigenvalue weighted by molar-refractivity contribution is 0.0883. The zero-order chi connectivity index (χ0) is 20.7. The number of aromatic nitrogens is 2. The van der Waals surface area contributed by atoms with Crippen LogP contribution < -0.4 is 14.8 Å². The molecular weight excluding hydrogens is 380 g/mol. The number of hydrogen-bond donors (Lipinski definition) is 2. The Morgan fingerprint density at radius 3 is 2.87 bits per heavy atom. The fourth-order valence-electron chi connectivity index (χ4n) is 4.29. The predicted molar refractivity (Wildman–Crippen MR) is 114 cm³/mol. The number of nitrogens with zero attached hydrogens (tertiary/aromatic N) is 2. The van der Waals surface area contributed by atoms with E-state index in [2.05, 4.69) is 47.4 Å². The summed E-state index contributed by atoms with van der Waals surface area (Å²) in [6.45, 7) is 4.02. The first kappa shape index (κ1) is 18.9. The first-order valence-electron chi connectivity index (χ1n) is 10.4. The van der Waals surface area contributed by atoms with Crippen molar-refractivity contribution in [3.8, 4) is 11.5 Å². The molecule has 1 amide bonds. The number of carbonyl (C=O) groups is 1. The van der Waals surface area contributed by atoms with Crippen molar-refractivity contribution in [3.63, 3.8) is 0 Å². The first-order chi connectivity index (χ1) is 14.6. The maximum atomic E-state index is 12.9. The Kier molecular flexibility index (Phi) is 4.83. The number of amides is 1. The topological polar surface area (TPSA) is 79.5 Å². The minimum Gasteiger partial charge on any atom is -0.486 e. The molecule has 3 heterocycles. The number of imidazole rings is 1. The molecule has 5 rings (SSSR count). The van der Waals surface area contributed by atoms with Gasteiger partial charge in [-0.15, -0.1) is 0 Å². The molecule has 7 heteroatoms. The van der Waals surface area contributed by atoms with Crippen LogP contribution in [0.1, 0.15) is 40.6 Å². The van der Waals surface area contributed by atoms with Crippen LogP contribution in [0.5, 0.6) is 11.5 Å². The molecule has 0 aliphatic carbocycles. The third-order valence-corrected chi connectivity index (χ3v) is 5.98. The van der Waals surface area contributed by atoms with E-state index in [1.54, 1.807) is 18.2 Å². The Morgan fingerprint density at radius 1 is 1.17 bits per heavy atom. The van der Waals surface area contributed by atoms with Gasteiger partial charge in [0.1, 0.15) is 19.0 Å². The Balaban J connectivity index is 1.31. The molecule has 1 aromatic heterocycles. The molecule has 7 nitrogen and oxygen atoms in total. The van der Waals surface area contributed by atoms with Crippen molar-refractivity contribution in [2.45, 2.75) is 31.8 Å². The number of rotatable bonds is 3. The second-order valence-corrected chi connectivity index (χ2v) is 8.19. The highest BCUT2D eigenvalue weighted by atomic mass is 16.6. The van der Waals surface area contributed by atoms with Crippen molar-refractivity contribution in [1.29, 1.82) is 0 Å². The van der Waals surface area contributed by atoms with E-state index in [4.69, 9.17) is 14.5 Å². The zero-order valence-electron chi connectivity index (χ0n) is 17.3. The number of benzene rings is 2. The van der Waals surface area contributed by atoms with E-state index in [1.807, 2.05) is 0 Å². The van der Waals surface area contributed by atoms with E-state index in [0.717, 1.165) is 36.2 Å². The van der Waals surface area contributed by atoms with Gasteiger partial charge in [0.05, 0.1) is 17.1 Å². The average molecular weight is 406 g/mol. The number of piperidine rings is 1. The van der Waals surface area contributed by atoms with Crippen LogP contribution >= 0.6 is 0 Å². The number of likely N-dealkylation sites (tertiary alicyclic amines) is 1. The summed E-state index contributed by atoms with van der Waals surface area (Å²) in [4.78, 5) is 23.4. The maximum Gasteiger partial charge on any atom is 0.251 e. The highest BCUT2D eigenvalue weighted by Gasteiger charge is 2.30. The van der Waals surface area contributed by atoms with Gasteiger partial charge >= 0.3 is 0 Å². The van der Waals surface area contributed by atoms with Crippen molar-refractivity contribution in [1.82, 2.24) is 20.2 Å². The molecule has 0 radical (unpaired) electrons. The predicted octanol–water partition coefficient (Wildman–Crippen LogP) is 3.21. The number of aryl methyl sites for hydroxylation is 1. The van der Waals surface area contributed by atoms with Crippen molar-refractivity contribution in [2.24, 2.45) is 0 Å². The monoisotopic (exact) mass is 406 g/mol. The van der Waals surface area contributed by atoms with Crippen molar-refractivity contribution >= 4 is 16.9 Å². The lowest BCUT2D eigenvalue weighted by Crippen LogP contribution is -2.45. The van der Waals surface area contributed by atoms with Gasteiger partial charge in [-0.1, -0.05) is 6.07 Å². The molecule has 2 aliphatic rings. The molecule has 2 aliphatic heterocycles. The van der Waals surface area contributed by atoms with Gasteiger partial charge in [-0.25, -0.2) is 4.98 Å². The smallest absolute Gasteiger partial charge is 0.251 e. The van der Waals surface area contributed by atoms with Gasteiger partial charge in [-0.05, 0) is 62.7 Å². The number of ether oxygens (including phenoxy) is 2. The molecule has 2 aromatic carbocycles. The summed E-state index contributed by atoms with van der Waals surface area (Å²) in [7, 11) is 2.11. The van der Waals surface area contributed by atoms with E-state index < -0.39 is 0 Å². The minimum atomic E-state index is -0.0829. The second kappa shape index (κ2) is 7.65. The van der Waals surface area contributed by atoms with Gasteiger partial charge in [0.2, 0.25) is 0 Å². The standard InChI is InChI=1S/C23H26N4O3/c1-14-3-5-17-18(11-14)26-22(25-17)19-13-16(7-8-27(19)2)24-23(28)15-4-6-20-21(12-15)30-10-9-29-20/h3-6,11-12,16,19H,7-10,13H2,1-2H3,(H,24,28)(H,25,26)/t16-,19-/m1/s1. The van der Waals surface area contributed by atoms with E-state index in [9.17, 15) is 4.79 Å². The Labute approximate surface area is 175 Å². The number of hydrogen-bond acceptors (Lipinski definition) is 5. The lowest BCUT2D eigenvalue weighted by atomic mass is 9.96. The summed E-state index contributed by atoms with van der Waals surface area (Å²) >= 11 is 0. The lowest BCUT2D eigenvalue weighted by Gasteiger charge is -2.36. The van der Waals surface area contributed by atoms with Crippen molar-refractivity contribution in [2.75, 3.05) is 26.8 Å². The molecule has 0 unspecified atom stereocenters. The van der Waals surface area contributed by atoms with E-state index >= 15 is 0 Å². The molecule has 156 valence electrons. The van der Waals surface area contributed by atoms with Crippen LogP contribution in [0.3, 0.4) is 0 Å². The van der Waals surface area contributed by atoms with Crippen molar-refractivity contribution < 1.29 is 14.3 Å². The normalized spacial score (nSPS) is 21.5. The zero-order valence-corrected chi connectivity index (χ0v) is 17.3. The Hall–Kier alpha value is -3.06. The number of H-pyrrole nitrogens is 1. The molecule has 0 spiro atoms. The molecule has 3 aromatic rings. The van der Waals surface area contributed by atoms with Gasteiger partial charge in [0.25, 0.3) is 5.91 Å². The van der Waals surface area contributed by atoms with Crippen molar-refractivity contribution in [3.05, 3.63) is 53.3 Å². The van der Waals surface area contributed by atoms with Crippen LogP contribution in [-0.2, 0) is 0 Å². The SMILES string of the molecule is Cc1ccc2nc([C@H]3C[C@H](NC(=O)c4ccc5c(c4)OCCO5)CCN3C)[nH]c2c1. The molecule has 1 fully saturated rings.